The Morgan fingerprint density at radius 2 is 1.64 bits per heavy atom. The number of hydrogen-bond acceptors (Lipinski definition) is 2. The maximum absolute atomic E-state index is 11.5. The van der Waals surface area contributed by atoms with Gasteiger partial charge in [-0.1, -0.05) is 37.0 Å². The van der Waals surface area contributed by atoms with E-state index in [1.807, 2.05) is 30.3 Å². The zero-order chi connectivity index (χ0) is 19.4. The number of rotatable bonds is 0. The van der Waals surface area contributed by atoms with Crippen molar-refractivity contribution in [3.8, 4) is 11.8 Å². The van der Waals surface area contributed by atoms with Gasteiger partial charge in [-0.25, -0.2) is 0 Å². The van der Waals surface area contributed by atoms with Crippen LogP contribution in [0.2, 0.25) is 0 Å². The van der Waals surface area contributed by atoms with Gasteiger partial charge in [-0.15, -0.1) is 0 Å². The van der Waals surface area contributed by atoms with Crippen molar-refractivity contribution in [2.24, 2.45) is 35.0 Å². The highest BCUT2D eigenvalue weighted by molar-refractivity contribution is 5.37. The van der Waals surface area contributed by atoms with Crippen LogP contribution in [0.25, 0.3) is 0 Å². The zero-order valence-corrected chi connectivity index (χ0v) is 17.1. The molecule has 0 saturated heterocycles. The van der Waals surface area contributed by atoms with Crippen molar-refractivity contribution in [2.75, 3.05) is 0 Å². The van der Waals surface area contributed by atoms with E-state index in [4.69, 9.17) is 0 Å². The van der Waals surface area contributed by atoms with Gasteiger partial charge in [0.25, 0.3) is 0 Å². The van der Waals surface area contributed by atoms with E-state index in [2.05, 4.69) is 18.8 Å². The first-order valence-electron chi connectivity index (χ1n) is 11.5. The summed E-state index contributed by atoms with van der Waals surface area (Å²) < 4.78 is 0. The fourth-order valence-electron chi connectivity index (χ4n) is 7.78. The Bertz CT molecular complexity index is 777. The van der Waals surface area contributed by atoms with Gasteiger partial charge in [0.15, 0.2) is 0 Å². The molecule has 2 nitrogen and oxygen atoms in total. The maximum atomic E-state index is 11.5. The number of aliphatic hydroxyl groups is 2. The minimum absolute atomic E-state index is 0.0733. The predicted octanol–water partition coefficient (Wildman–Crippen LogP) is 4.78. The van der Waals surface area contributed by atoms with Crippen molar-refractivity contribution >= 4 is 0 Å². The van der Waals surface area contributed by atoms with Gasteiger partial charge in [-0.3, -0.25) is 0 Å². The lowest BCUT2D eigenvalue weighted by Crippen LogP contribution is -2.53. The molecule has 0 heterocycles. The molecule has 0 spiro atoms. The summed E-state index contributed by atoms with van der Waals surface area (Å²) in [7, 11) is 0. The van der Waals surface area contributed by atoms with Crippen LogP contribution in [-0.2, 0) is 0 Å². The molecule has 28 heavy (non-hydrogen) atoms. The first-order chi connectivity index (χ1) is 13.5. The van der Waals surface area contributed by atoms with Gasteiger partial charge < -0.3 is 10.2 Å². The van der Waals surface area contributed by atoms with E-state index in [0.29, 0.717) is 23.2 Å². The topological polar surface area (TPSA) is 40.5 Å². The number of fused-ring (bicyclic) bond motifs is 5. The highest BCUT2D eigenvalue weighted by atomic mass is 16.3. The van der Waals surface area contributed by atoms with E-state index in [1.165, 1.54) is 25.7 Å². The van der Waals surface area contributed by atoms with E-state index in [-0.39, 0.29) is 6.10 Å². The Labute approximate surface area is 169 Å². The molecule has 1 aromatic rings. The Morgan fingerprint density at radius 1 is 0.893 bits per heavy atom. The fourth-order valence-corrected chi connectivity index (χ4v) is 7.78. The van der Waals surface area contributed by atoms with Crippen molar-refractivity contribution in [1.82, 2.24) is 0 Å². The van der Waals surface area contributed by atoms with Crippen molar-refractivity contribution in [1.29, 1.82) is 0 Å². The second-order valence-corrected chi connectivity index (χ2v) is 10.4. The minimum Gasteiger partial charge on any atom is -0.393 e. The summed E-state index contributed by atoms with van der Waals surface area (Å²) in [4.78, 5) is 0. The Hall–Kier alpha value is -1.30. The molecule has 8 atom stereocenters. The van der Waals surface area contributed by atoms with Crippen molar-refractivity contribution in [3.05, 3.63) is 35.9 Å². The smallest absolute Gasteiger partial charge is 0.128 e. The molecule has 4 saturated carbocycles. The molecule has 8 unspecified atom stereocenters. The molecular weight excluding hydrogens is 344 g/mol. The van der Waals surface area contributed by atoms with Crippen molar-refractivity contribution < 1.29 is 10.2 Å². The van der Waals surface area contributed by atoms with E-state index < -0.39 is 5.60 Å². The fraction of sp³-hybridized carbons (Fsp3) is 0.692. The van der Waals surface area contributed by atoms with E-state index in [1.54, 1.807) is 0 Å². The van der Waals surface area contributed by atoms with Gasteiger partial charge in [0.2, 0.25) is 0 Å². The van der Waals surface area contributed by atoms with Crippen LogP contribution in [0.3, 0.4) is 0 Å². The molecule has 5 rings (SSSR count). The van der Waals surface area contributed by atoms with Crippen LogP contribution in [0, 0.1) is 46.8 Å². The van der Waals surface area contributed by atoms with E-state index >= 15 is 0 Å². The molecule has 150 valence electrons. The Morgan fingerprint density at radius 3 is 2.46 bits per heavy atom. The number of benzene rings is 1. The quantitative estimate of drug-likeness (QED) is 0.638. The second kappa shape index (κ2) is 6.89. The Kier molecular flexibility index (Phi) is 4.61. The summed E-state index contributed by atoms with van der Waals surface area (Å²) in [5.74, 6) is 9.79. The SMILES string of the molecule is CC12CCC(O)CC1CCC1C3CCC(O)(C#Cc4ccccc4)C3CCC12. The molecule has 4 fully saturated rings. The first-order valence-corrected chi connectivity index (χ1v) is 11.5. The van der Waals surface area contributed by atoms with Crippen LogP contribution >= 0.6 is 0 Å². The summed E-state index contributed by atoms with van der Waals surface area (Å²) >= 11 is 0. The number of aliphatic hydroxyl groups excluding tert-OH is 1. The number of hydrogen-bond donors (Lipinski definition) is 2. The van der Waals surface area contributed by atoms with Gasteiger partial charge in [0.1, 0.15) is 5.60 Å². The summed E-state index contributed by atoms with van der Waals surface area (Å²) in [6.45, 7) is 2.52. The normalized spacial score (nSPS) is 47.2. The third-order valence-corrected chi connectivity index (χ3v) is 9.24. The molecule has 0 bridgehead atoms. The molecular formula is C26H34O2. The summed E-state index contributed by atoms with van der Waals surface area (Å²) in [6, 6.07) is 10.1. The van der Waals surface area contributed by atoms with Crippen LogP contribution in [0.1, 0.15) is 70.3 Å². The lowest BCUT2D eigenvalue weighted by atomic mass is 9.47. The average Bonchev–Trinajstić information content (AvgIpc) is 3.05. The maximum Gasteiger partial charge on any atom is 0.128 e. The summed E-state index contributed by atoms with van der Waals surface area (Å²) in [5.41, 5.74) is 0.608. The molecule has 2 N–H and O–H groups in total. The lowest BCUT2D eigenvalue weighted by molar-refractivity contribution is -0.116. The van der Waals surface area contributed by atoms with Crippen LogP contribution in [0.4, 0.5) is 0 Å². The highest BCUT2D eigenvalue weighted by Crippen LogP contribution is 2.64. The molecule has 0 radical (unpaired) electrons. The summed E-state index contributed by atoms with van der Waals surface area (Å²) in [5, 5.41) is 21.6. The van der Waals surface area contributed by atoms with Crippen LogP contribution in [0.5, 0.6) is 0 Å². The standard InChI is InChI=1S/C26H34O2/c1-25-14-12-20(27)17-19(25)7-8-21-22-13-16-26(28,24(22)10-9-23(21)25)15-11-18-5-3-2-4-6-18/h2-6,19-24,27-28H,7-10,12-14,16-17H2,1H3. The van der Waals surface area contributed by atoms with E-state index in [9.17, 15) is 10.2 Å². The molecule has 0 amide bonds. The van der Waals surface area contributed by atoms with Crippen molar-refractivity contribution in [2.45, 2.75) is 76.4 Å². The van der Waals surface area contributed by atoms with Gasteiger partial charge >= 0.3 is 0 Å². The van der Waals surface area contributed by atoms with Crippen molar-refractivity contribution in [3.63, 3.8) is 0 Å². The molecule has 1 aromatic carbocycles. The van der Waals surface area contributed by atoms with Crippen LogP contribution in [-0.4, -0.2) is 21.9 Å². The third-order valence-electron chi connectivity index (χ3n) is 9.24. The monoisotopic (exact) mass is 378 g/mol. The largest absolute Gasteiger partial charge is 0.393 e. The molecule has 0 aliphatic heterocycles. The lowest BCUT2D eigenvalue weighted by Gasteiger charge is -2.59. The molecule has 4 aliphatic rings. The minimum atomic E-state index is -0.800. The highest BCUT2D eigenvalue weighted by Gasteiger charge is 2.59. The predicted molar refractivity (Wildman–Crippen MR) is 111 cm³/mol. The van der Waals surface area contributed by atoms with Crippen LogP contribution < -0.4 is 0 Å². The molecule has 0 aromatic heterocycles. The van der Waals surface area contributed by atoms with Gasteiger partial charge in [-0.2, -0.15) is 0 Å². The Balaban J connectivity index is 1.37. The van der Waals surface area contributed by atoms with Gasteiger partial charge in [-0.05, 0) is 99.0 Å². The van der Waals surface area contributed by atoms with Gasteiger partial charge in [0, 0.05) is 11.5 Å². The zero-order valence-electron chi connectivity index (χ0n) is 17.1. The average molecular weight is 379 g/mol. The molecule has 4 aliphatic carbocycles. The molecule has 2 heteroatoms. The second-order valence-electron chi connectivity index (χ2n) is 10.4. The summed E-state index contributed by atoms with van der Waals surface area (Å²) in [6.07, 6.45) is 10.0. The van der Waals surface area contributed by atoms with E-state index in [0.717, 1.165) is 49.5 Å². The van der Waals surface area contributed by atoms with Crippen LogP contribution in [0.15, 0.2) is 30.3 Å². The van der Waals surface area contributed by atoms with Gasteiger partial charge in [0.05, 0.1) is 6.10 Å². The first kappa shape index (κ1) is 18.7. The third kappa shape index (κ3) is 2.94.